The van der Waals surface area contributed by atoms with Gasteiger partial charge in [-0.15, -0.1) is 0 Å². The quantitative estimate of drug-likeness (QED) is 0.757. The standard InChI is InChI=1S/C16H25ClFN/c1-5-9-19-12(2)10-16(3,4)11-13-7-6-8-14(17)15(13)18/h6-8,12,19H,5,9-11H2,1-4H3. The summed E-state index contributed by atoms with van der Waals surface area (Å²) in [5.41, 5.74) is 0.756. The normalized spacial score (nSPS) is 13.6. The summed E-state index contributed by atoms with van der Waals surface area (Å²) in [4.78, 5) is 0. The van der Waals surface area contributed by atoms with Gasteiger partial charge in [0.25, 0.3) is 0 Å². The molecule has 0 saturated heterocycles. The molecule has 1 nitrogen and oxygen atoms in total. The fourth-order valence-corrected chi connectivity index (χ4v) is 2.76. The second kappa shape index (κ2) is 7.25. The molecule has 1 N–H and O–H groups in total. The van der Waals surface area contributed by atoms with Crippen LogP contribution in [0.4, 0.5) is 4.39 Å². The Morgan fingerprint density at radius 2 is 2.05 bits per heavy atom. The minimum Gasteiger partial charge on any atom is -0.314 e. The topological polar surface area (TPSA) is 12.0 Å². The molecule has 1 atom stereocenters. The van der Waals surface area contributed by atoms with Gasteiger partial charge in [0, 0.05) is 6.04 Å². The molecule has 1 aromatic rings. The number of nitrogens with one attached hydrogen (secondary N) is 1. The van der Waals surface area contributed by atoms with Crippen molar-refractivity contribution in [2.24, 2.45) is 5.41 Å². The third kappa shape index (κ3) is 5.50. The number of benzene rings is 1. The molecule has 0 spiro atoms. The predicted molar refractivity (Wildman–Crippen MR) is 81.3 cm³/mol. The van der Waals surface area contributed by atoms with Crippen molar-refractivity contribution in [1.29, 1.82) is 0 Å². The molecule has 0 saturated carbocycles. The number of hydrogen-bond acceptors (Lipinski definition) is 1. The van der Waals surface area contributed by atoms with E-state index >= 15 is 0 Å². The zero-order valence-electron chi connectivity index (χ0n) is 12.4. The maximum atomic E-state index is 13.9. The molecule has 0 aliphatic carbocycles. The summed E-state index contributed by atoms with van der Waals surface area (Å²) in [5, 5.41) is 3.69. The molecule has 0 radical (unpaired) electrons. The van der Waals surface area contributed by atoms with Crippen molar-refractivity contribution < 1.29 is 4.39 Å². The second-order valence-corrected chi connectivity index (χ2v) is 6.52. The molecule has 0 fully saturated rings. The van der Waals surface area contributed by atoms with Gasteiger partial charge in [-0.3, -0.25) is 0 Å². The van der Waals surface area contributed by atoms with Gasteiger partial charge < -0.3 is 5.32 Å². The lowest BCUT2D eigenvalue weighted by Gasteiger charge is -2.29. The summed E-state index contributed by atoms with van der Waals surface area (Å²) in [5.74, 6) is -0.272. The van der Waals surface area contributed by atoms with Gasteiger partial charge in [0.05, 0.1) is 5.02 Å². The van der Waals surface area contributed by atoms with E-state index in [0.29, 0.717) is 18.0 Å². The second-order valence-electron chi connectivity index (χ2n) is 6.11. The average Bonchev–Trinajstić information content (AvgIpc) is 2.31. The van der Waals surface area contributed by atoms with Gasteiger partial charge in [-0.05, 0) is 49.8 Å². The zero-order chi connectivity index (χ0) is 14.5. The van der Waals surface area contributed by atoms with E-state index in [4.69, 9.17) is 11.6 Å². The Kier molecular flexibility index (Phi) is 6.28. The van der Waals surface area contributed by atoms with E-state index in [1.807, 2.05) is 12.1 Å². The maximum absolute atomic E-state index is 13.9. The third-order valence-corrected chi connectivity index (χ3v) is 3.59. The van der Waals surface area contributed by atoms with E-state index < -0.39 is 0 Å². The Bertz CT molecular complexity index is 404. The SMILES string of the molecule is CCCNC(C)CC(C)(C)Cc1cccc(Cl)c1F. The Morgan fingerprint density at radius 1 is 1.37 bits per heavy atom. The zero-order valence-corrected chi connectivity index (χ0v) is 13.1. The molecule has 1 unspecified atom stereocenters. The maximum Gasteiger partial charge on any atom is 0.144 e. The van der Waals surface area contributed by atoms with Gasteiger partial charge in [0.15, 0.2) is 0 Å². The first-order chi connectivity index (χ1) is 8.85. The summed E-state index contributed by atoms with van der Waals surface area (Å²) >= 11 is 5.83. The number of hydrogen-bond donors (Lipinski definition) is 1. The molecule has 0 aliphatic rings. The monoisotopic (exact) mass is 285 g/mol. The summed E-state index contributed by atoms with van der Waals surface area (Å²) in [7, 11) is 0. The van der Waals surface area contributed by atoms with Crippen LogP contribution in [0.3, 0.4) is 0 Å². The van der Waals surface area contributed by atoms with Gasteiger partial charge in [-0.2, -0.15) is 0 Å². The van der Waals surface area contributed by atoms with E-state index in [1.54, 1.807) is 6.07 Å². The van der Waals surface area contributed by atoms with Crippen LogP contribution in [-0.4, -0.2) is 12.6 Å². The Morgan fingerprint density at radius 3 is 2.68 bits per heavy atom. The molecule has 0 heterocycles. The van der Waals surface area contributed by atoms with Crippen LogP contribution in [0.15, 0.2) is 18.2 Å². The van der Waals surface area contributed by atoms with Crippen LogP contribution in [-0.2, 0) is 6.42 Å². The van der Waals surface area contributed by atoms with Crippen LogP contribution < -0.4 is 5.32 Å². The highest BCUT2D eigenvalue weighted by atomic mass is 35.5. The predicted octanol–water partition coefficient (Wildman–Crippen LogP) is 4.83. The van der Waals surface area contributed by atoms with Gasteiger partial charge in [-0.25, -0.2) is 4.39 Å². The highest BCUT2D eigenvalue weighted by Gasteiger charge is 2.23. The molecule has 0 bridgehead atoms. The lowest BCUT2D eigenvalue weighted by molar-refractivity contribution is 0.284. The van der Waals surface area contributed by atoms with Crippen molar-refractivity contribution >= 4 is 11.6 Å². The Hall–Kier alpha value is -0.600. The van der Waals surface area contributed by atoms with Crippen LogP contribution in [0.5, 0.6) is 0 Å². The summed E-state index contributed by atoms with van der Waals surface area (Å²) in [6, 6.07) is 5.68. The first-order valence-corrected chi connectivity index (χ1v) is 7.40. The minimum absolute atomic E-state index is 0.0473. The average molecular weight is 286 g/mol. The van der Waals surface area contributed by atoms with E-state index in [9.17, 15) is 4.39 Å². The van der Waals surface area contributed by atoms with Gasteiger partial charge in [-0.1, -0.05) is 44.5 Å². The molecular weight excluding hydrogens is 261 g/mol. The molecular formula is C16H25ClFN. The number of rotatable bonds is 7. The Balaban J connectivity index is 2.65. The summed E-state index contributed by atoms with van der Waals surface area (Å²) < 4.78 is 13.9. The molecule has 19 heavy (non-hydrogen) atoms. The molecule has 1 rings (SSSR count). The fraction of sp³-hybridized carbons (Fsp3) is 0.625. The smallest absolute Gasteiger partial charge is 0.144 e. The third-order valence-electron chi connectivity index (χ3n) is 3.30. The molecule has 0 aliphatic heterocycles. The first-order valence-electron chi connectivity index (χ1n) is 7.02. The molecule has 0 aromatic heterocycles. The molecule has 0 amide bonds. The summed E-state index contributed by atoms with van der Waals surface area (Å²) in [6.45, 7) is 9.73. The van der Waals surface area contributed by atoms with E-state index in [1.165, 1.54) is 0 Å². The van der Waals surface area contributed by atoms with Gasteiger partial charge in [0.1, 0.15) is 5.82 Å². The van der Waals surface area contributed by atoms with Crippen molar-refractivity contribution in [1.82, 2.24) is 5.32 Å². The van der Waals surface area contributed by atoms with Crippen LogP contribution in [0.2, 0.25) is 5.02 Å². The van der Waals surface area contributed by atoms with Crippen LogP contribution in [0, 0.1) is 11.2 Å². The van der Waals surface area contributed by atoms with Crippen molar-refractivity contribution in [3.8, 4) is 0 Å². The van der Waals surface area contributed by atoms with Crippen molar-refractivity contribution in [2.45, 2.75) is 53.0 Å². The van der Waals surface area contributed by atoms with Crippen LogP contribution in [0.25, 0.3) is 0 Å². The minimum atomic E-state index is -0.272. The van der Waals surface area contributed by atoms with E-state index in [0.717, 1.165) is 19.4 Å². The first kappa shape index (κ1) is 16.5. The largest absolute Gasteiger partial charge is 0.314 e. The van der Waals surface area contributed by atoms with Crippen LogP contribution >= 0.6 is 11.6 Å². The van der Waals surface area contributed by atoms with Crippen molar-refractivity contribution in [3.05, 3.63) is 34.6 Å². The van der Waals surface area contributed by atoms with Crippen molar-refractivity contribution in [2.75, 3.05) is 6.54 Å². The lowest BCUT2D eigenvalue weighted by Crippen LogP contribution is -2.32. The molecule has 108 valence electrons. The van der Waals surface area contributed by atoms with E-state index in [2.05, 4.69) is 33.0 Å². The highest BCUT2D eigenvalue weighted by molar-refractivity contribution is 6.30. The fourth-order valence-electron chi connectivity index (χ4n) is 2.56. The molecule has 1 aromatic carbocycles. The van der Waals surface area contributed by atoms with Crippen LogP contribution in [0.1, 0.15) is 46.1 Å². The van der Waals surface area contributed by atoms with Gasteiger partial charge >= 0.3 is 0 Å². The van der Waals surface area contributed by atoms with Gasteiger partial charge in [0.2, 0.25) is 0 Å². The highest BCUT2D eigenvalue weighted by Crippen LogP contribution is 2.30. The number of halogens is 2. The van der Waals surface area contributed by atoms with E-state index in [-0.39, 0.29) is 16.3 Å². The molecule has 3 heteroatoms. The van der Waals surface area contributed by atoms with Crippen molar-refractivity contribution in [3.63, 3.8) is 0 Å². The Labute approximate surface area is 121 Å². The lowest BCUT2D eigenvalue weighted by atomic mass is 9.80. The summed E-state index contributed by atoms with van der Waals surface area (Å²) in [6.07, 6.45) is 2.85.